The molecule has 6 nitrogen and oxygen atoms in total. The van der Waals surface area contributed by atoms with Gasteiger partial charge >= 0.3 is 0 Å². The Morgan fingerprint density at radius 2 is 2.08 bits per heavy atom. The maximum atomic E-state index is 12.6. The molecular weight excluding hydrogens is 332 g/mol. The molecule has 1 atom stereocenters. The van der Waals surface area contributed by atoms with Crippen LogP contribution in [0.15, 0.2) is 18.2 Å². The maximum absolute atomic E-state index is 12.6. The lowest BCUT2D eigenvalue weighted by Crippen LogP contribution is -3.15. The summed E-state index contributed by atoms with van der Waals surface area (Å²) < 4.78 is 16.5. The fourth-order valence-corrected chi connectivity index (χ4v) is 3.95. The van der Waals surface area contributed by atoms with Crippen molar-refractivity contribution in [2.45, 2.75) is 31.8 Å². The summed E-state index contributed by atoms with van der Waals surface area (Å²) in [6.45, 7) is 5.73. The molecule has 0 radical (unpaired) electrons. The van der Waals surface area contributed by atoms with Gasteiger partial charge in [0, 0.05) is 13.0 Å². The van der Waals surface area contributed by atoms with Crippen molar-refractivity contribution in [2.75, 3.05) is 53.6 Å². The average molecular weight is 363 g/mol. The Labute approximate surface area is 156 Å². The van der Waals surface area contributed by atoms with Crippen LogP contribution in [-0.2, 0) is 16.0 Å². The van der Waals surface area contributed by atoms with Gasteiger partial charge in [-0.25, -0.2) is 0 Å². The third kappa shape index (κ3) is 4.68. The summed E-state index contributed by atoms with van der Waals surface area (Å²) in [5, 5.41) is 0. The molecule has 1 aromatic rings. The summed E-state index contributed by atoms with van der Waals surface area (Å²) in [5.74, 6) is 1.67. The molecule has 2 saturated heterocycles. The molecule has 0 spiro atoms. The molecule has 1 amide bonds. The van der Waals surface area contributed by atoms with E-state index in [1.165, 1.54) is 12.8 Å². The highest BCUT2D eigenvalue weighted by Crippen LogP contribution is 2.31. The molecule has 0 saturated carbocycles. The van der Waals surface area contributed by atoms with Crippen molar-refractivity contribution < 1.29 is 23.9 Å². The second kappa shape index (κ2) is 9.24. The van der Waals surface area contributed by atoms with Crippen molar-refractivity contribution >= 4 is 5.91 Å². The predicted molar refractivity (Wildman–Crippen MR) is 99.0 cm³/mol. The summed E-state index contributed by atoms with van der Waals surface area (Å²) in [6, 6.07) is 5.81. The number of carbonyl (C=O) groups excluding carboxylic acids is 1. The van der Waals surface area contributed by atoms with E-state index in [1.807, 2.05) is 23.1 Å². The van der Waals surface area contributed by atoms with Gasteiger partial charge in [0.2, 0.25) is 5.91 Å². The number of nitrogens with zero attached hydrogens (tertiary/aromatic N) is 1. The number of hydrogen-bond acceptors (Lipinski definition) is 4. The van der Waals surface area contributed by atoms with E-state index < -0.39 is 0 Å². The molecule has 3 rings (SSSR count). The summed E-state index contributed by atoms with van der Waals surface area (Å²) in [4.78, 5) is 16.2. The number of ether oxygens (including phenoxy) is 3. The number of benzene rings is 1. The van der Waals surface area contributed by atoms with Crippen LogP contribution < -0.4 is 14.4 Å². The van der Waals surface area contributed by atoms with Crippen LogP contribution >= 0.6 is 0 Å². The highest BCUT2D eigenvalue weighted by Gasteiger charge is 2.27. The van der Waals surface area contributed by atoms with Crippen LogP contribution in [0.25, 0.3) is 0 Å². The van der Waals surface area contributed by atoms with Crippen LogP contribution in [0.3, 0.4) is 0 Å². The Bertz CT molecular complexity index is 593. The zero-order chi connectivity index (χ0) is 18.4. The first-order valence-electron chi connectivity index (χ1n) is 9.64. The second-order valence-electron chi connectivity index (χ2n) is 7.12. The van der Waals surface area contributed by atoms with Gasteiger partial charge in [-0.15, -0.1) is 0 Å². The summed E-state index contributed by atoms with van der Waals surface area (Å²) >= 11 is 0. The lowest BCUT2D eigenvalue weighted by Gasteiger charge is -2.33. The summed E-state index contributed by atoms with van der Waals surface area (Å²) in [5.41, 5.74) is 1.02. The number of hydrogen-bond donors (Lipinski definition) is 1. The van der Waals surface area contributed by atoms with Gasteiger partial charge in [-0.2, -0.15) is 0 Å². The van der Waals surface area contributed by atoms with E-state index >= 15 is 0 Å². The number of rotatable bonds is 7. The average Bonchev–Trinajstić information content (AvgIpc) is 3.19. The molecule has 0 bridgehead atoms. The molecule has 6 heteroatoms. The second-order valence-corrected chi connectivity index (χ2v) is 7.12. The fourth-order valence-electron chi connectivity index (χ4n) is 3.95. The van der Waals surface area contributed by atoms with E-state index in [9.17, 15) is 4.79 Å². The Morgan fingerprint density at radius 3 is 2.73 bits per heavy atom. The lowest BCUT2D eigenvalue weighted by molar-refractivity contribution is -0.906. The SMILES string of the molecule is COc1cccc(CCC(=O)N2CC[NH+](C[C@@H]3CCCO3)CC2)c1OC. The molecule has 2 heterocycles. The zero-order valence-corrected chi connectivity index (χ0v) is 16.0. The first kappa shape index (κ1) is 19.0. The van der Waals surface area contributed by atoms with Gasteiger partial charge in [0.15, 0.2) is 11.5 Å². The number of nitrogens with one attached hydrogen (secondary N) is 1. The van der Waals surface area contributed by atoms with Crippen molar-refractivity contribution in [3.05, 3.63) is 23.8 Å². The van der Waals surface area contributed by atoms with E-state index in [2.05, 4.69) is 0 Å². The standard InChI is InChI=1S/C20H30N2O4/c1-24-18-7-3-5-16(20(18)25-2)8-9-19(23)22-12-10-21(11-13-22)15-17-6-4-14-26-17/h3,5,7,17H,4,6,8-15H2,1-2H3/p+1/t17-/m0/s1. The third-order valence-corrected chi connectivity index (χ3v) is 5.46. The highest BCUT2D eigenvalue weighted by molar-refractivity contribution is 5.76. The normalized spacial score (nSPS) is 21.0. The van der Waals surface area contributed by atoms with Gasteiger partial charge in [-0.1, -0.05) is 12.1 Å². The van der Waals surface area contributed by atoms with Crippen LogP contribution in [0.1, 0.15) is 24.8 Å². The monoisotopic (exact) mass is 363 g/mol. The Morgan fingerprint density at radius 1 is 1.27 bits per heavy atom. The number of para-hydroxylation sites is 1. The molecular formula is C20H31N2O4+. The van der Waals surface area contributed by atoms with Gasteiger partial charge in [0.25, 0.3) is 0 Å². The lowest BCUT2D eigenvalue weighted by atomic mass is 10.1. The number of amides is 1. The van der Waals surface area contributed by atoms with Gasteiger partial charge in [0.1, 0.15) is 12.6 Å². The number of aryl methyl sites for hydroxylation is 1. The molecule has 0 aromatic heterocycles. The van der Waals surface area contributed by atoms with Crippen molar-refractivity contribution in [3.63, 3.8) is 0 Å². The molecule has 0 unspecified atom stereocenters. The fraction of sp³-hybridized carbons (Fsp3) is 0.650. The van der Waals surface area contributed by atoms with Crippen LogP contribution in [0.5, 0.6) is 11.5 Å². The molecule has 1 N–H and O–H groups in total. The molecule has 144 valence electrons. The molecule has 0 aliphatic carbocycles. The Balaban J connectivity index is 1.46. The highest BCUT2D eigenvalue weighted by atomic mass is 16.5. The largest absolute Gasteiger partial charge is 0.493 e. The topological polar surface area (TPSA) is 52.4 Å². The van der Waals surface area contributed by atoms with Crippen LogP contribution in [-0.4, -0.2) is 70.5 Å². The van der Waals surface area contributed by atoms with Crippen LogP contribution in [0.2, 0.25) is 0 Å². The van der Waals surface area contributed by atoms with Crippen molar-refractivity contribution in [3.8, 4) is 11.5 Å². The van der Waals surface area contributed by atoms with E-state index in [0.29, 0.717) is 24.7 Å². The Hall–Kier alpha value is -1.79. The van der Waals surface area contributed by atoms with Crippen LogP contribution in [0.4, 0.5) is 0 Å². The minimum absolute atomic E-state index is 0.228. The molecule has 1 aromatic carbocycles. The minimum atomic E-state index is 0.228. The van der Waals surface area contributed by atoms with E-state index in [1.54, 1.807) is 19.1 Å². The smallest absolute Gasteiger partial charge is 0.223 e. The van der Waals surface area contributed by atoms with Crippen molar-refractivity contribution in [1.82, 2.24) is 4.90 Å². The van der Waals surface area contributed by atoms with Gasteiger partial charge in [-0.3, -0.25) is 4.79 Å². The quantitative estimate of drug-likeness (QED) is 0.768. The zero-order valence-electron chi connectivity index (χ0n) is 16.0. The summed E-state index contributed by atoms with van der Waals surface area (Å²) in [7, 11) is 3.27. The summed E-state index contributed by atoms with van der Waals surface area (Å²) in [6.07, 6.45) is 3.98. The number of quaternary nitrogens is 1. The van der Waals surface area contributed by atoms with E-state index in [-0.39, 0.29) is 5.91 Å². The van der Waals surface area contributed by atoms with Gasteiger partial charge < -0.3 is 24.0 Å². The van der Waals surface area contributed by atoms with Gasteiger partial charge in [0.05, 0.1) is 40.4 Å². The van der Waals surface area contributed by atoms with Crippen molar-refractivity contribution in [1.29, 1.82) is 0 Å². The van der Waals surface area contributed by atoms with E-state index in [0.717, 1.165) is 50.6 Å². The third-order valence-electron chi connectivity index (χ3n) is 5.46. The molecule has 2 fully saturated rings. The number of carbonyl (C=O) groups is 1. The van der Waals surface area contributed by atoms with Gasteiger partial charge in [-0.05, 0) is 30.9 Å². The first-order chi connectivity index (χ1) is 12.7. The molecule has 26 heavy (non-hydrogen) atoms. The Kier molecular flexibility index (Phi) is 6.74. The maximum Gasteiger partial charge on any atom is 0.223 e. The molecule has 2 aliphatic heterocycles. The first-order valence-corrected chi connectivity index (χ1v) is 9.64. The van der Waals surface area contributed by atoms with Crippen LogP contribution in [0, 0.1) is 0 Å². The minimum Gasteiger partial charge on any atom is -0.493 e. The van der Waals surface area contributed by atoms with Crippen molar-refractivity contribution in [2.24, 2.45) is 0 Å². The van der Waals surface area contributed by atoms with E-state index in [4.69, 9.17) is 14.2 Å². The predicted octanol–water partition coefficient (Wildman–Crippen LogP) is 0.543. The molecule has 2 aliphatic rings. The number of methoxy groups -OCH3 is 2. The number of piperazine rings is 1.